The van der Waals surface area contributed by atoms with Crippen molar-refractivity contribution in [1.82, 2.24) is 0 Å². The molecule has 0 aliphatic rings. The minimum absolute atomic E-state index is 0.101. The van der Waals surface area contributed by atoms with Crippen LogP contribution < -0.4 is 10.6 Å². The Kier molecular flexibility index (Phi) is 5.46. The zero-order valence-corrected chi connectivity index (χ0v) is 14.6. The Morgan fingerprint density at radius 1 is 1.12 bits per heavy atom. The van der Waals surface area contributed by atoms with Gasteiger partial charge in [-0.3, -0.25) is 10.1 Å². The number of ether oxygens (including phenoxy) is 1. The molecule has 2 aromatic rings. The summed E-state index contributed by atoms with van der Waals surface area (Å²) in [5.74, 6) is -0.336. The Morgan fingerprint density at radius 2 is 1.84 bits per heavy atom. The topological polar surface area (TPSA) is 80.6 Å². The molecule has 0 fully saturated rings. The van der Waals surface area contributed by atoms with E-state index >= 15 is 0 Å². The summed E-state index contributed by atoms with van der Waals surface area (Å²) in [4.78, 5) is 24.2. The number of furan rings is 1. The van der Waals surface area contributed by atoms with Crippen LogP contribution in [0.2, 0.25) is 0 Å². The predicted molar refractivity (Wildman–Crippen MR) is 92.3 cm³/mol. The maximum absolute atomic E-state index is 13.5. The van der Waals surface area contributed by atoms with Crippen LogP contribution in [0, 0.1) is 5.82 Å². The number of carbonyl (C=O) groups excluding carboxylic acids is 2. The second kappa shape index (κ2) is 7.38. The molecule has 2 N–H and O–H groups in total. The third kappa shape index (κ3) is 5.34. The number of carbonyl (C=O) groups is 2. The summed E-state index contributed by atoms with van der Waals surface area (Å²) >= 11 is 0. The molecule has 0 saturated carbocycles. The van der Waals surface area contributed by atoms with E-state index in [4.69, 9.17) is 9.15 Å². The molecule has 1 aromatic carbocycles. The molecule has 2 amide bonds. The van der Waals surface area contributed by atoms with Crippen molar-refractivity contribution in [1.29, 1.82) is 0 Å². The third-order valence-electron chi connectivity index (χ3n) is 3.10. The molecule has 25 heavy (non-hydrogen) atoms. The molecule has 6 nitrogen and oxygen atoms in total. The maximum atomic E-state index is 13.5. The molecule has 0 unspecified atom stereocenters. The largest absolute Gasteiger partial charge is 0.456 e. The minimum Gasteiger partial charge on any atom is -0.456 e. The normalized spacial score (nSPS) is 11.1. The first-order chi connectivity index (χ1) is 11.7. The Balaban J connectivity index is 2.17. The van der Waals surface area contributed by atoms with Crippen LogP contribution in [0.5, 0.6) is 0 Å². The molecule has 7 heteroatoms. The first-order valence-corrected chi connectivity index (χ1v) is 7.87. The third-order valence-corrected chi connectivity index (χ3v) is 3.10. The number of aryl methyl sites for hydroxylation is 1. The van der Waals surface area contributed by atoms with Crippen molar-refractivity contribution in [3.63, 3.8) is 0 Å². The number of hydrogen-bond donors (Lipinski definition) is 2. The summed E-state index contributed by atoms with van der Waals surface area (Å²) < 4.78 is 24.1. The van der Waals surface area contributed by atoms with Gasteiger partial charge in [-0.2, -0.15) is 0 Å². The Hall–Kier alpha value is -2.83. The summed E-state index contributed by atoms with van der Waals surface area (Å²) in [6.45, 7) is 7.07. The molecule has 1 heterocycles. The van der Waals surface area contributed by atoms with Crippen molar-refractivity contribution in [3.8, 4) is 0 Å². The van der Waals surface area contributed by atoms with Crippen molar-refractivity contribution in [3.05, 3.63) is 47.7 Å². The molecular weight excluding hydrogens is 327 g/mol. The van der Waals surface area contributed by atoms with E-state index in [2.05, 4.69) is 10.6 Å². The van der Waals surface area contributed by atoms with Gasteiger partial charge in [0.2, 0.25) is 0 Å². The molecular formula is C18H21FN2O4. The van der Waals surface area contributed by atoms with Crippen molar-refractivity contribution in [2.24, 2.45) is 0 Å². The standard InChI is InChI=1S/C18H21FN2O4/c1-5-12-7-9-15(24-12)16(22)20-14-10-11(19)6-8-13(14)21-17(23)25-18(2,3)4/h6-10H,5H2,1-4H3,(H,20,22)(H,21,23). The van der Waals surface area contributed by atoms with Crippen molar-refractivity contribution < 1.29 is 23.1 Å². The van der Waals surface area contributed by atoms with Gasteiger partial charge in [0.25, 0.3) is 5.91 Å². The van der Waals surface area contributed by atoms with Gasteiger partial charge in [0.05, 0.1) is 11.4 Å². The molecule has 2 rings (SSSR count). The number of rotatable bonds is 4. The quantitative estimate of drug-likeness (QED) is 0.847. The fourth-order valence-corrected chi connectivity index (χ4v) is 2.02. The lowest BCUT2D eigenvalue weighted by molar-refractivity contribution is 0.0635. The number of halogens is 1. The summed E-state index contributed by atoms with van der Waals surface area (Å²) in [6.07, 6.45) is -0.0560. The first kappa shape index (κ1) is 18.5. The molecule has 0 saturated heterocycles. The van der Waals surface area contributed by atoms with E-state index in [1.807, 2.05) is 6.92 Å². The van der Waals surface area contributed by atoms with Crippen molar-refractivity contribution in [2.45, 2.75) is 39.7 Å². The molecule has 0 bridgehead atoms. The van der Waals surface area contributed by atoms with Gasteiger partial charge in [-0.05, 0) is 51.1 Å². The molecule has 134 valence electrons. The second-order valence-corrected chi connectivity index (χ2v) is 6.39. The second-order valence-electron chi connectivity index (χ2n) is 6.39. The van der Waals surface area contributed by atoms with Crippen LogP contribution >= 0.6 is 0 Å². The highest BCUT2D eigenvalue weighted by Crippen LogP contribution is 2.24. The number of hydrogen-bond acceptors (Lipinski definition) is 4. The lowest BCUT2D eigenvalue weighted by Gasteiger charge is -2.20. The lowest BCUT2D eigenvalue weighted by atomic mass is 10.2. The smallest absolute Gasteiger partial charge is 0.412 e. The Morgan fingerprint density at radius 3 is 2.44 bits per heavy atom. The first-order valence-electron chi connectivity index (χ1n) is 7.87. The molecule has 0 atom stereocenters. The monoisotopic (exact) mass is 348 g/mol. The summed E-state index contributed by atoms with van der Waals surface area (Å²) in [6, 6.07) is 6.85. The van der Waals surface area contributed by atoms with Crippen LogP contribution in [0.3, 0.4) is 0 Å². The average Bonchev–Trinajstić information content (AvgIpc) is 2.97. The van der Waals surface area contributed by atoms with E-state index in [1.165, 1.54) is 18.2 Å². The van der Waals surface area contributed by atoms with Gasteiger partial charge < -0.3 is 14.5 Å². The zero-order valence-electron chi connectivity index (χ0n) is 14.6. The number of nitrogens with one attached hydrogen (secondary N) is 2. The van der Waals surface area contributed by atoms with E-state index in [0.29, 0.717) is 12.2 Å². The van der Waals surface area contributed by atoms with E-state index in [1.54, 1.807) is 26.8 Å². The fraction of sp³-hybridized carbons (Fsp3) is 0.333. The Bertz CT molecular complexity index is 778. The molecule has 0 aliphatic carbocycles. The fourth-order valence-electron chi connectivity index (χ4n) is 2.02. The highest BCUT2D eigenvalue weighted by atomic mass is 19.1. The Labute approximate surface area is 145 Å². The number of amides is 2. The van der Waals surface area contributed by atoms with Gasteiger partial charge in [0, 0.05) is 6.42 Å². The van der Waals surface area contributed by atoms with Crippen LogP contribution in [-0.2, 0) is 11.2 Å². The maximum Gasteiger partial charge on any atom is 0.412 e. The molecule has 0 aliphatic heterocycles. The van der Waals surface area contributed by atoms with Gasteiger partial charge in [-0.15, -0.1) is 0 Å². The van der Waals surface area contributed by atoms with Gasteiger partial charge in [0.1, 0.15) is 17.2 Å². The highest BCUT2D eigenvalue weighted by molar-refractivity contribution is 6.05. The SMILES string of the molecule is CCc1ccc(C(=O)Nc2cc(F)ccc2NC(=O)OC(C)(C)C)o1. The van der Waals surface area contributed by atoms with E-state index < -0.39 is 23.4 Å². The lowest BCUT2D eigenvalue weighted by Crippen LogP contribution is -2.27. The predicted octanol–water partition coefficient (Wildman–Crippen LogP) is 4.58. The van der Waals surface area contributed by atoms with Crippen LogP contribution in [0.15, 0.2) is 34.7 Å². The van der Waals surface area contributed by atoms with Gasteiger partial charge in [-0.1, -0.05) is 6.92 Å². The summed E-state index contributed by atoms with van der Waals surface area (Å²) in [5.41, 5.74) is -0.366. The van der Waals surface area contributed by atoms with Crippen LogP contribution in [0.4, 0.5) is 20.6 Å². The minimum atomic E-state index is -0.708. The van der Waals surface area contributed by atoms with Gasteiger partial charge in [0.15, 0.2) is 5.76 Å². The molecule has 0 spiro atoms. The molecule has 0 radical (unpaired) electrons. The van der Waals surface area contributed by atoms with Crippen LogP contribution in [0.1, 0.15) is 44.0 Å². The summed E-state index contributed by atoms with van der Waals surface area (Å²) in [7, 11) is 0. The number of benzene rings is 1. The van der Waals surface area contributed by atoms with Crippen molar-refractivity contribution in [2.75, 3.05) is 10.6 Å². The van der Waals surface area contributed by atoms with Gasteiger partial charge >= 0.3 is 6.09 Å². The van der Waals surface area contributed by atoms with Crippen LogP contribution in [-0.4, -0.2) is 17.6 Å². The van der Waals surface area contributed by atoms with E-state index in [-0.39, 0.29) is 17.1 Å². The van der Waals surface area contributed by atoms with Crippen LogP contribution in [0.25, 0.3) is 0 Å². The summed E-state index contributed by atoms with van der Waals surface area (Å²) in [5, 5.41) is 5.02. The number of anilines is 2. The van der Waals surface area contributed by atoms with E-state index in [0.717, 1.165) is 6.07 Å². The van der Waals surface area contributed by atoms with E-state index in [9.17, 15) is 14.0 Å². The highest BCUT2D eigenvalue weighted by Gasteiger charge is 2.19. The van der Waals surface area contributed by atoms with Crippen molar-refractivity contribution >= 4 is 23.4 Å². The molecule has 1 aromatic heterocycles. The zero-order chi connectivity index (χ0) is 18.6. The van der Waals surface area contributed by atoms with Gasteiger partial charge in [-0.25, -0.2) is 9.18 Å². The average molecular weight is 348 g/mol.